The molecule has 0 aliphatic carbocycles. The first kappa shape index (κ1) is 19.3. The van der Waals surface area contributed by atoms with Crippen molar-refractivity contribution in [2.24, 2.45) is 0 Å². The molecule has 0 unspecified atom stereocenters. The van der Waals surface area contributed by atoms with Crippen LogP contribution in [0, 0.1) is 0 Å². The van der Waals surface area contributed by atoms with Crippen molar-refractivity contribution in [1.82, 2.24) is 4.90 Å². The van der Waals surface area contributed by atoms with Gasteiger partial charge in [0.1, 0.15) is 19.8 Å². The zero-order valence-corrected chi connectivity index (χ0v) is 16.1. The van der Waals surface area contributed by atoms with E-state index >= 15 is 0 Å². The third kappa shape index (κ3) is 4.64. The Bertz CT molecular complexity index is 873. The normalized spacial score (nSPS) is 12.4. The second-order valence-electron chi connectivity index (χ2n) is 5.85. The molecule has 142 valence electrons. The van der Waals surface area contributed by atoms with Crippen LogP contribution in [-0.2, 0) is 4.79 Å². The Morgan fingerprint density at radius 3 is 2.48 bits per heavy atom. The molecule has 2 amide bonds. The second-order valence-corrected chi connectivity index (χ2v) is 6.67. The number of fused-ring (bicyclic) bond motifs is 1. The molecular weight excluding hydrogens is 391 g/mol. The Morgan fingerprint density at radius 2 is 1.78 bits per heavy atom. The average Bonchev–Trinajstić information content (AvgIpc) is 2.67. The van der Waals surface area contributed by atoms with Crippen LogP contribution in [0.2, 0.25) is 10.0 Å². The summed E-state index contributed by atoms with van der Waals surface area (Å²) in [5.74, 6) is 0.609. The van der Waals surface area contributed by atoms with Crippen LogP contribution in [0.4, 0.5) is 5.69 Å². The molecule has 0 aromatic heterocycles. The number of carbonyl (C=O) groups is 2. The average molecular weight is 409 g/mol. The molecule has 27 heavy (non-hydrogen) atoms. The Labute approximate surface area is 167 Å². The van der Waals surface area contributed by atoms with Crippen LogP contribution in [0.25, 0.3) is 0 Å². The predicted octanol–water partition coefficient (Wildman–Crippen LogP) is 3.87. The highest BCUT2D eigenvalue weighted by molar-refractivity contribution is 6.42. The lowest BCUT2D eigenvalue weighted by atomic mass is 10.2. The number of hydrogen-bond donors (Lipinski definition) is 1. The van der Waals surface area contributed by atoms with Crippen LogP contribution in [0.3, 0.4) is 0 Å². The van der Waals surface area contributed by atoms with E-state index in [0.717, 1.165) is 0 Å². The Kier molecular flexibility index (Phi) is 6.08. The minimum Gasteiger partial charge on any atom is -0.486 e. The number of benzene rings is 2. The van der Waals surface area contributed by atoms with Crippen molar-refractivity contribution in [2.75, 3.05) is 31.6 Å². The number of nitrogens with one attached hydrogen (secondary N) is 1. The largest absolute Gasteiger partial charge is 0.486 e. The van der Waals surface area contributed by atoms with Crippen LogP contribution >= 0.6 is 23.2 Å². The van der Waals surface area contributed by atoms with Crippen molar-refractivity contribution in [3.05, 3.63) is 52.0 Å². The lowest BCUT2D eigenvalue weighted by Crippen LogP contribution is -2.37. The van der Waals surface area contributed by atoms with Gasteiger partial charge in [0.05, 0.1) is 10.0 Å². The zero-order chi connectivity index (χ0) is 19.4. The monoisotopic (exact) mass is 408 g/mol. The Hall–Kier alpha value is -2.44. The van der Waals surface area contributed by atoms with Gasteiger partial charge >= 0.3 is 0 Å². The number of carbonyl (C=O) groups excluding carboxylic acids is 2. The number of likely N-dealkylation sites (N-methyl/N-ethyl adjacent to an activating group) is 1. The van der Waals surface area contributed by atoms with Crippen molar-refractivity contribution in [3.8, 4) is 11.5 Å². The maximum Gasteiger partial charge on any atom is 0.254 e. The van der Waals surface area contributed by atoms with Gasteiger partial charge < -0.3 is 19.7 Å². The van der Waals surface area contributed by atoms with Crippen molar-refractivity contribution in [3.63, 3.8) is 0 Å². The Morgan fingerprint density at radius 1 is 1.04 bits per heavy atom. The molecule has 3 rings (SSSR count). The molecule has 1 aliphatic rings. The van der Waals surface area contributed by atoms with E-state index in [1.807, 2.05) is 0 Å². The van der Waals surface area contributed by atoms with E-state index in [-0.39, 0.29) is 18.4 Å². The minimum atomic E-state index is -0.318. The topological polar surface area (TPSA) is 67.9 Å². The molecule has 0 saturated heterocycles. The van der Waals surface area contributed by atoms with Crippen molar-refractivity contribution in [1.29, 1.82) is 0 Å². The minimum absolute atomic E-state index is 0.0932. The van der Waals surface area contributed by atoms with Gasteiger partial charge in [-0.05, 0) is 37.3 Å². The number of amides is 2. The van der Waals surface area contributed by atoms with Gasteiger partial charge in [0, 0.05) is 23.9 Å². The molecule has 1 heterocycles. The fourth-order valence-electron chi connectivity index (χ4n) is 2.63. The smallest absolute Gasteiger partial charge is 0.254 e. The van der Waals surface area contributed by atoms with Gasteiger partial charge in [0.15, 0.2) is 11.5 Å². The van der Waals surface area contributed by atoms with Gasteiger partial charge in [-0.3, -0.25) is 9.59 Å². The molecule has 6 nitrogen and oxygen atoms in total. The lowest BCUT2D eigenvalue weighted by Gasteiger charge is -2.21. The van der Waals surface area contributed by atoms with Crippen molar-refractivity contribution < 1.29 is 19.1 Å². The molecule has 0 bridgehead atoms. The number of nitrogens with zero attached hydrogens (tertiary/aromatic N) is 1. The summed E-state index contributed by atoms with van der Waals surface area (Å²) in [5, 5.41) is 3.43. The summed E-state index contributed by atoms with van der Waals surface area (Å²) in [6.45, 7) is 3.04. The van der Waals surface area contributed by atoms with E-state index in [0.29, 0.717) is 52.6 Å². The van der Waals surface area contributed by atoms with Gasteiger partial charge in [-0.15, -0.1) is 0 Å². The number of halogens is 2. The van der Waals surface area contributed by atoms with E-state index in [2.05, 4.69) is 5.32 Å². The van der Waals surface area contributed by atoms with Crippen LogP contribution in [0.5, 0.6) is 11.5 Å². The molecule has 0 atom stereocenters. The summed E-state index contributed by atoms with van der Waals surface area (Å²) in [4.78, 5) is 26.4. The highest BCUT2D eigenvalue weighted by Crippen LogP contribution is 2.32. The van der Waals surface area contributed by atoms with Crippen LogP contribution in [0.15, 0.2) is 36.4 Å². The highest BCUT2D eigenvalue weighted by Gasteiger charge is 2.19. The summed E-state index contributed by atoms with van der Waals surface area (Å²) >= 11 is 11.9. The van der Waals surface area contributed by atoms with E-state index in [4.69, 9.17) is 32.7 Å². The van der Waals surface area contributed by atoms with Gasteiger partial charge in [-0.25, -0.2) is 0 Å². The number of hydrogen-bond acceptors (Lipinski definition) is 4. The van der Waals surface area contributed by atoms with Gasteiger partial charge in [-0.2, -0.15) is 0 Å². The highest BCUT2D eigenvalue weighted by atomic mass is 35.5. The predicted molar refractivity (Wildman–Crippen MR) is 104 cm³/mol. The van der Waals surface area contributed by atoms with E-state index in [1.165, 1.54) is 11.0 Å². The summed E-state index contributed by atoms with van der Waals surface area (Å²) in [7, 11) is 0. The molecule has 1 aliphatic heterocycles. The molecule has 0 saturated carbocycles. The van der Waals surface area contributed by atoms with E-state index in [1.54, 1.807) is 37.3 Å². The Balaban J connectivity index is 1.66. The van der Waals surface area contributed by atoms with Gasteiger partial charge in [-0.1, -0.05) is 23.2 Å². The maximum atomic E-state index is 12.6. The molecule has 8 heteroatoms. The molecule has 0 spiro atoms. The first-order valence-corrected chi connectivity index (χ1v) is 9.17. The number of ether oxygens (including phenoxy) is 2. The summed E-state index contributed by atoms with van der Waals surface area (Å²) < 4.78 is 11.0. The third-order valence-electron chi connectivity index (χ3n) is 4.00. The summed E-state index contributed by atoms with van der Waals surface area (Å²) in [6, 6.07) is 9.79. The summed E-state index contributed by atoms with van der Waals surface area (Å²) in [6.07, 6.45) is 0. The standard InChI is InChI=1S/C19H18Cl2N2O4/c1-2-23(19(25)12-3-5-14(20)15(21)9-12)11-18(24)22-13-4-6-16-17(10-13)27-8-7-26-16/h3-6,9-10H,2,7-8,11H2,1H3,(H,22,24). The quantitative estimate of drug-likeness (QED) is 0.815. The molecule has 0 fully saturated rings. The van der Waals surface area contributed by atoms with Gasteiger partial charge in [0.25, 0.3) is 5.91 Å². The zero-order valence-electron chi connectivity index (χ0n) is 14.6. The third-order valence-corrected chi connectivity index (χ3v) is 4.73. The molecular formula is C19H18Cl2N2O4. The molecule has 1 N–H and O–H groups in total. The molecule has 0 radical (unpaired) electrons. The second kappa shape index (κ2) is 8.50. The fourth-order valence-corrected chi connectivity index (χ4v) is 2.93. The van der Waals surface area contributed by atoms with E-state index in [9.17, 15) is 9.59 Å². The molecule has 2 aromatic carbocycles. The summed E-state index contributed by atoms with van der Waals surface area (Å²) in [5.41, 5.74) is 0.945. The van der Waals surface area contributed by atoms with Crippen molar-refractivity contribution in [2.45, 2.75) is 6.92 Å². The van der Waals surface area contributed by atoms with E-state index < -0.39 is 0 Å². The lowest BCUT2D eigenvalue weighted by molar-refractivity contribution is -0.116. The first-order chi connectivity index (χ1) is 13.0. The molecule has 2 aromatic rings. The first-order valence-electron chi connectivity index (χ1n) is 8.41. The number of anilines is 1. The van der Waals surface area contributed by atoms with Crippen LogP contribution in [-0.4, -0.2) is 43.0 Å². The van der Waals surface area contributed by atoms with Crippen molar-refractivity contribution >= 4 is 40.7 Å². The SMILES string of the molecule is CCN(CC(=O)Nc1ccc2c(c1)OCCO2)C(=O)c1ccc(Cl)c(Cl)c1. The number of rotatable bonds is 5. The maximum absolute atomic E-state index is 12.6. The van der Waals surface area contributed by atoms with Gasteiger partial charge in [0.2, 0.25) is 5.91 Å². The van der Waals surface area contributed by atoms with Crippen LogP contribution < -0.4 is 14.8 Å². The van der Waals surface area contributed by atoms with Crippen LogP contribution in [0.1, 0.15) is 17.3 Å². The fraction of sp³-hybridized carbons (Fsp3) is 0.263.